The summed E-state index contributed by atoms with van der Waals surface area (Å²) in [7, 11) is 0. The van der Waals surface area contributed by atoms with Crippen LogP contribution in [-0.2, 0) is 0 Å². The van der Waals surface area contributed by atoms with Crippen LogP contribution in [0.2, 0.25) is 11.5 Å². The molecule has 0 unspecified atom stereocenters. The molecule has 3 heterocycles. The van der Waals surface area contributed by atoms with Gasteiger partial charge in [-0.05, 0) is 0 Å². The zero-order valence-corrected chi connectivity index (χ0v) is 19.7. The molecule has 0 bridgehead atoms. The second-order valence-corrected chi connectivity index (χ2v) is 18.6. The zero-order chi connectivity index (χ0) is 19.8. The molecule has 3 heteroatoms. The number of fused-ring (bicyclic) bond motifs is 7. The monoisotopic (exact) mass is 453 g/mol. The quantitative estimate of drug-likeness (QED) is 0.275. The van der Waals surface area contributed by atoms with Crippen LogP contribution in [-0.4, -0.2) is 18.3 Å². The van der Waals surface area contributed by atoms with Crippen molar-refractivity contribution in [3.8, 4) is 22.4 Å². The Hall–Kier alpha value is -2.43. The minimum atomic E-state index is -2.23. The van der Waals surface area contributed by atoms with Gasteiger partial charge in [0.25, 0.3) is 0 Å². The van der Waals surface area contributed by atoms with Gasteiger partial charge in [0.2, 0.25) is 0 Å². The van der Waals surface area contributed by atoms with Crippen molar-refractivity contribution in [1.29, 1.82) is 0 Å². The van der Waals surface area contributed by atoms with E-state index in [1.807, 2.05) is 17.5 Å². The number of hydrogen-bond donors (Lipinski definition) is 0. The third-order valence-electron chi connectivity index (χ3n) is 6.40. The first-order valence-electron chi connectivity index (χ1n) is 10.1. The molecular weight excluding hydrogens is 431 g/mol. The first-order valence-corrected chi connectivity index (χ1v) is 17.2. The molecule has 1 nitrogen and oxygen atoms in total. The second kappa shape index (κ2) is 6.04. The predicted molar refractivity (Wildman–Crippen MR) is 129 cm³/mol. The molecule has 29 heavy (non-hydrogen) atoms. The summed E-state index contributed by atoms with van der Waals surface area (Å²) in [5.74, 6) is 5.07. The van der Waals surface area contributed by atoms with Gasteiger partial charge in [-0.2, -0.15) is 0 Å². The standard InChI is InChI=1S/C26H21GeNS/c1-16-13-14-28-23(15-16)20-9-6-8-17-18-11-12-22-24(26(18)29-25(17)20)19-7-4-5-10-21(19)27(22,2)3/h4-15H,1-3H3. The molecule has 140 valence electrons. The van der Waals surface area contributed by atoms with Crippen LogP contribution < -0.4 is 8.79 Å². The van der Waals surface area contributed by atoms with E-state index in [0.29, 0.717) is 0 Å². The van der Waals surface area contributed by atoms with Crippen LogP contribution in [0.25, 0.3) is 42.6 Å². The van der Waals surface area contributed by atoms with Gasteiger partial charge in [0.05, 0.1) is 0 Å². The maximum absolute atomic E-state index is 4.68. The fourth-order valence-electron chi connectivity index (χ4n) is 4.93. The summed E-state index contributed by atoms with van der Waals surface area (Å²) in [5.41, 5.74) is 6.54. The van der Waals surface area contributed by atoms with Crippen molar-refractivity contribution in [3.05, 3.63) is 78.5 Å². The molecule has 0 spiro atoms. The van der Waals surface area contributed by atoms with Crippen LogP contribution in [0.5, 0.6) is 0 Å². The molecule has 2 aromatic heterocycles. The minimum absolute atomic E-state index is 1.07. The molecule has 0 atom stereocenters. The number of pyridine rings is 1. The zero-order valence-electron chi connectivity index (χ0n) is 16.8. The molecule has 0 aliphatic carbocycles. The normalized spacial score (nSPS) is 14.3. The summed E-state index contributed by atoms with van der Waals surface area (Å²) in [6.45, 7) is 2.13. The van der Waals surface area contributed by atoms with Crippen molar-refractivity contribution in [1.82, 2.24) is 4.98 Å². The van der Waals surface area contributed by atoms with Gasteiger partial charge in [-0.25, -0.2) is 0 Å². The fourth-order valence-corrected chi connectivity index (χ4v) is 12.9. The molecule has 0 saturated heterocycles. The van der Waals surface area contributed by atoms with Crippen molar-refractivity contribution in [3.63, 3.8) is 0 Å². The van der Waals surface area contributed by atoms with Gasteiger partial charge in [-0.1, -0.05) is 0 Å². The Morgan fingerprint density at radius 1 is 0.759 bits per heavy atom. The molecule has 0 fully saturated rings. The topological polar surface area (TPSA) is 12.9 Å². The van der Waals surface area contributed by atoms with Gasteiger partial charge in [0, 0.05) is 0 Å². The summed E-state index contributed by atoms with van der Waals surface area (Å²) in [5, 5.41) is 2.73. The number of benzene rings is 3. The van der Waals surface area contributed by atoms with Crippen molar-refractivity contribution in [2.75, 3.05) is 0 Å². The third-order valence-corrected chi connectivity index (χ3v) is 15.1. The molecule has 1 aliphatic heterocycles. The first kappa shape index (κ1) is 17.4. The number of nitrogens with zero attached hydrogens (tertiary/aromatic N) is 1. The number of hydrogen-bond acceptors (Lipinski definition) is 2. The Bertz CT molecular complexity index is 1440. The van der Waals surface area contributed by atoms with Gasteiger partial charge in [-0.3, -0.25) is 0 Å². The summed E-state index contributed by atoms with van der Waals surface area (Å²) in [6.07, 6.45) is 1.92. The van der Waals surface area contributed by atoms with Gasteiger partial charge < -0.3 is 0 Å². The molecule has 0 radical (unpaired) electrons. The average molecular weight is 452 g/mol. The predicted octanol–water partition coefficient (Wildman–Crippen LogP) is 6.23. The maximum atomic E-state index is 4.68. The van der Waals surface area contributed by atoms with Crippen LogP contribution in [0.15, 0.2) is 72.9 Å². The molecular formula is C26H21GeNS. The molecule has 0 N–H and O–H groups in total. The Morgan fingerprint density at radius 2 is 1.55 bits per heavy atom. The van der Waals surface area contributed by atoms with Crippen LogP contribution in [0, 0.1) is 6.92 Å². The van der Waals surface area contributed by atoms with E-state index in [1.54, 1.807) is 8.79 Å². The fraction of sp³-hybridized carbons (Fsp3) is 0.115. The Morgan fingerprint density at radius 3 is 2.41 bits per heavy atom. The summed E-state index contributed by atoms with van der Waals surface area (Å²) in [4.78, 5) is 4.68. The van der Waals surface area contributed by atoms with Crippen LogP contribution >= 0.6 is 11.3 Å². The molecule has 0 saturated carbocycles. The third kappa shape index (κ3) is 2.36. The Kier molecular flexibility index (Phi) is 3.63. The van der Waals surface area contributed by atoms with Gasteiger partial charge in [-0.15, -0.1) is 0 Å². The van der Waals surface area contributed by atoms with Crippen LogP contribution in [0.4, 0.5) is 0 Å². The van der Waals surface area contributed by atoms with E-state index in [4.69, 9.17) is 0 Å². The van der Waals surface area contributed by atoms with Crippen molar-refractivity contribution in [2.24, 2.45) is 0 Å². The molecule has 3 aromatic carbocycles. The van der Waals surface area contributed by atoms with Crippen molar-refractivity contribution in [2.45, 2.75) is 18.4 Å². The van der Waals surface area contributed by atoms with E-state index in [9.17, 15) is 0 Å². The number of rotatable bonds is 1. The van der Waals surface area contributed by atoms with Gasteiger partial charge in [0.15, 0.2) is 0 Å². The van der Waals surface area contributed by atoms with E-state index in [-0.39, 0.29) is 0 Å². The molecule has 6 rings (SSSR count). The van der Waals surface area contributed by atoms with Crippen molar-refractivity contribution >= 4 is 53.6 Å². The van der Waals surface area contributed by atoms with Crippen LogP contribution in [0.3, 0.4) is 0 Å². The van der Waals surface area contributed by atoms with Gasteiger partial charge >= 0.3 is 178 Å². The van der Waals surface area contributed by atoms with Crippen molar-refractivity contribution < 1.29 is 0 Å². The van der Waals surface area contributed by atoms with E-state index in [2.05, 4.69) is 90.2 Å². The Balaban J connectivity index is 1.73. The number of aryl methyl sites for hydroxylation is 1. The molecule has 0 amide bonds. The van der Waals surface area contributed by atoms with Gasteiger partial charge in [0.1, 0.15) is 0 Å². The average Bonchev–Trinajstić information content (AvgIpc) is 3.21. The summed E-state index contributed by atoms with van der Waals surface area (Å²) in [6, 6.07) is 24.8. The number of aromatic nitrogens is 1. The summed E-state index contributed by atoms with van der Waals surface area (Å²) >= 11 is -0.277. The second-order valence-electron chi connectivity index (χ2n) is 8.54. The first-order chi connectivity index (χ1) is 14.1. The van der Waals surface area contributed by atoms with E-state index in [0.717, 1.165) is 5.69 Å². The Labute approximate surface area is 177 Å². The van der Waals surface area contributed by atoms with E-state index >= 15 is 0 Å². The van der Waals surface area contributed by atoms with E-state index in [1.165, 1.54) is 42.4 Å². The number of thiophene rings is 1. The SMILES string of the molecule is Cc1ccnc(-c2cccc3c2sc2c4[c](ccc23)[Ge]([CH3])([CH3])[c]2ccccc2-4)c1. The van der Waals surface area contributed by atoms with Crippen LogP contribution in [0.1, 0.15) is 5.56 Å². The molecule has 1 aliphatic rings. The van der Waals surface area contributed by atoms with E-state index < -0.39 is 13.3 Å². The summed E-state index contributed by atoms with van der Waals surface area (Å²) < 4.78 is 6.04. The molecule has 5 aromatic rings.